The van der Waals surface area contributed by atoms with Gasteiger partial charge in [0.25, 0.3) is 0 Å². The first-order valence-corrected chi connectivity index (χ1v) is 11.9. The summed E-state index contributed by atoms with van der Waals surface area (Å²) in [6, 6.07) is 13.5. The minimum absolute atomic E-state index is 0.460. The maximum absolute atomic E-state index is 6.35. The first kappa shape index (κ1) is 23.1. The van der Waals surface area contributed by atoms with Crippen LogP contribution in [-0.4, -0.2) is 17.8 Å². The number of hydrogen-bond acceptors (Lipinski definition) is 2. The molecule has 3 heteroatoms. The monoisotopic (exact) mass is 453 g/mol. The van der Waals surface area contributed by atoms with Crippen molar-refractivity contribution in [1.29, 1.82) is 0 Å². The Morgan fingerprint density at radius 3 is 1.07 bits per heavy atom. The van der Waals surface area contributed by atoms with Crippen molar-refractivity contribution in [3.8, 4) is 0 Å². The predicted octanol–water partition coefficient (Wildman–Crippen LogP) is 7.14. The Bertz CT molecular complexity index is 785. The Morgan fingerprint density at radius 1 is 0.567 bits per heavy atom. The van der Waals surface area contributed by atoms with E-state index in [1.807, 2.05) is 0 Å². The van der Waals surface area contributed by atoms with Gasteiger partial charge in [-0.25, -0.2) is 0 Å². The van der Waals surface area contributed by atoms with E-state index in [-0.39, 0.29) is 0 Å². The Hall–Kier alpha value is -1.57. The molecule has 167 valence electrons. The molecule has 2 nitrogen and oxygen atoms in total. The van der Waals surface area contributed by atoms with E-state index in [2.05, 4.69) is 102 Å². The molecule has 0 radical (unpaired) electrons. The van der Waals surface area contributed by atoms with E-state index in [1.165, 1.54) is 33.6 Å². The number of anilines is 2. The molecular formula is C27H38CuN2. The second-order valence-electron chi connectivity index (χ2n) is 9.73. The quantitative estimate of drug-likeness (QED) is 0.428. The van der Waals surface area contributed by atoms with E-state index < -0.39 is 0 Å². The number of rotatable bonds is 6. The second kappa shape index (κ2) is 9.28. The first-order valence-electron chi connectivity index (χ1n) is 11.4. The molecule has 0 N–H and O–H groups in total. The fraction of sp³-hybridized carbons (Fsp3) is 0.519. The van der Waals surface area contributed by atoms with Crippen molar-refractivity contribution >= 4 is 16.0 Å². The van der Waals surface area contributed by atoms with Gasteiger partial charge in [-0.1, -0.05) is 0 Å². The van der Waals surface area contributed by atoms with Crippen molar-refractivity contribution in [1.82, 2.24) is 0 Å². The summed E-state index contributed by atoms with van der Waals surface area (Å²) in [6.07, 6.45) is 0. The molecule has 1 aliphatic heterocycles. The number of nitrogens with zero attached hydrogens (tertiary/aromatic N) is 2. The molecule has 0 aromatic heterocycles. The molecular weight excluding hydrogens is 416 g/mol. The molecule has 30 heavy (non-hydrogen) atoms. The van der Waals surface area contributed by atoms with Crippen LogP contribution in [-0.2, 0) is 15.6 Å². The van der Waals surface area contributed by atoms with Gasteiger partial charge in [-0.3, -0.25) is 0 Å². The average Bonchev–Trinajstić information content (AvgIpc) is 3.07. The van der Waals surface area contributed by atoms with Crippen molar-refractivity contribution in [3.63, 3.8) is 0 Å². The van der Waals surface area contributed by atoms with Gasteiger partial charge in [0.15, 0.2) is 0 Å². The summed E-state index contributed by atoms with van der Waals surface area (Å²) in [4.78, 5) is 4.79. The molecule has 0 aliphatic carbocycles. The molecule has 1 aliphatic rings. The standard InChI is InChI=1S/C27H38N2.Cu/c1-18(2)22-11-9-12-23(19(3)4)26(22)28-15-16-29(17-28)27-24(20(5)6)13-10-14-25(27)21(7)8;/h9-14,18-21H,15-16H2,1-8H3;. The van der Waals surface area contributed by atoms with Crippen molar-refractivity contribution in [2.24, 2.45) is 0 Å². The summed E-state index contributed by atoms with van der Waals surface area (Å²) in [6.45, 7) is 20.1. The van der Waals surface area contributed by atoms with Crippen LogP contribution in [0.1, 0.15) is 101 Å². The number of hydrogen-bond donors (Lipinski definition) is 0. The molecule has 0 atom stereocenters. The third-order valence-corrected chi connectivity index (χ3v) is 6.68. The van der Waals surface area contributed by atoms with E-state index in [0.717, 1.165) is 17.8 Å². The Balaban J connectivity index is 2.12. The molecule has 1 saturated heterocycles. The zero-order valence-electron chi connectivity index (χ0n) is 19.9. The van der Waals surface area contributed by atoms with E-state index in [9.17, 15) is 0 Å². The van der Waals surface area contributed by atoms with Crippen molar-refractivity contribution in [3.05, 3.63) is 58.7 Å². The Labute approximate surface area is 192 Å². The molecule has 0 unspecified atom stereocenters. The molecule has 2 aromatic rings. The molecule has 1 heterocycles. The molecule has 0 saturated carbocycles. The van der Waals surface area contributed by atoms with Crippen molar-refractivity contribution in [2.75, 3.05) is 22.9 Å². The second-order valence-corrected chi connectivity index (χ2v) is 10.1. The third kappa shape index (κ3) is 4.25. The molecule has 3 rings (SSSR count). The zero-order chi connectivity index (χ0) is 22.2. The first-order chi connectivity index (χ1) is 14.1. The van der Waals surface area contributed by atoms with Crippen LogP contribution in [0.4, 0.5) is 11.4 Å². The van der Waals surface area contributed by atoms with Crippen LogP contribution >= 0.6 is 0 Å². The van der Waals surface area contributed by atoms with Crippen LogP contribution in [0.2, 0.25) is 0 Å². The van der Waals surface area contributed by atoms with Gasteiger partial charge in [0.1, 0.15) is 0 Å². The summed E-state index contributed by atoms with van der Waals surface area (Å²) in [7, 11) is 0. The van der Waals surface area contributed by atoms with Crippen LogP contribution in [0.5, 0.6) is 0 Å². The van der Waals surface area contributed by atoms with Gasteiger partial charge in [-0.2, -0.15) is 0 Å². The average molecular weight is 454 g/mol. The Morgan fingerprint density at radius 2 is 0.833 bits per heavy atom. The van der Waals surface area contributed by atoms with Crippen molar-refractivity contribution < 1.29 is 15.6 Å². The van der Waals surface area contributed by atoms with Crippen LogP contribution in [0.3, 0.4) is 0 Å². The van der Waals surface area contributed by atoms with Gasteiger partial charge in [0, 0.05) is 0 Å². The summed E-state index contributed by atoms with van der Waals surface area (Å²) >= 11 is 6.35. The van der Waals surface area contributed by atoms with Crippen molar-refractivity contribution in [2.45, 2.75) is 79.1 Å². The van der Waals surface area contributed by atoms with Gasteiger partial charge in [-0.05, 0) is 0 Å². The van der Waals surface area contributed by atoms with Gasteiger partial charge >= 0.3 is 192 Å². The fourth-order valence-corrected chi connectivity index (χ4v) is 4.97. The van der Waals surface area contributed by atoms with Gasteiger partial charge in [0.05, 0.1) is 0 Å². The van der Waals surface area contributed by atoms with Crippen LogP contribution < -0.4 is 9.80 Å². The summed E-state index contributed by atoms with van der Waals surface area (Å²) in [5.74, 6) is 1.84. The predicted molar refractivity (Wildman–Crippen MR) is 129 cm³/mol. The van der Waals surface area contributed by atoms with Crippen LogP contribution in [0, 0.1) is 0 Å². The number of para-hydroxylation sites is 2. The minimum atomic E-state index is 0.460. The summed E-state index contributed by atoms with van der Waals surface area (Å²) in [5, 5.41) is 0. The zero-order valence-corrected chi connectivity index (χ0v) is 20.8. The van der Waals surface area contributed by atoms with E-state index in [1.54, 1.807) is 0 Å². The molecule has 0 amide bonds. The SMILES string of the molecule is CC(C)c1cccc(C(C)C)c1N1CCN(c2c(C(C)C)cccc2C(C)C)[C]1=[Cu]. The molecule has 0 spiro atoms. The maximum atomic E-state index is 6.35. The fourth-order valence-electron chi connectivity index (χ4n) is 4.55. The molecule has 0 bridgehead atoms. The normalized spacial score (nSPS) is 14.9. The Kier molecular flexibility index (Phi) is 7.15. The van der Waals surface area contributed by atoms with E-state index in [4.69, 9.17) is 15.6 Å². The van der Waals surface area contributed by atoms with Gasteiger partial charge in [0.2, 0.25) is 0 Å². The van der Waals surface area contributed by atoms with Crippen LogP contribution in [0.15, 0.2) is 36.4 Å². The summed E-state index contributed by atoms with van der Waals surface area (Å²) in [5.41, 5.74) is 8.23. The topological polar surface area (TPSA) is 6.48 Å². The van der Waals surface area contributed by atoms with Crippen LogP contribution in [0.25, 0.3) is 0 Å². The van der Waals surface area contributed by atoms with Gasteiger partial charge in [-0.15, -0.1) is 0 Å². The summed E-state index contributed by atoms with van der Waals surface area (Å²) < 4.78 is 0.924. The molecule has 2 aromatic carbocycles. The van der Waals surface area contributed by atoms with E-state index in [0.29, 0.717) is 23.7 Å². The number of benzene rings is 2. The third-order valence-electron chi connectivity index (χ3n) is 6.18. The van der Waals surface area contributed by atoms with E-state index >= 15 is 0 Å². The molecule has 1 fully saturated rings. The van der Waals surface area contributed by atoms with Gasteiger partial charge < -0.3 is 0 Å².